The van der Waals surface area contributed by atoms with Crippen LogP contribution >= 0.6 is 0 Å². The Morgan fingerprint density at radius 3 is 2.39 bits per heavy atom. The van der Waals surface area contributed by atoms with Crippen molar-refractivity contribution in [2.75, 3.05) is 18.4 Å². The number of aryl methyl sites for hydroxylation is 2. The van der Waals surface area contributed by atoms with Gasteiger partial charge >= 0.3 is 0 Å². The van der Waals surface area contributed by atoms with E-state index in [1.807, 2.05) is 0 Å². The molecule has 0 aliphatic carbocycles. The number of nitrogens with one attached hydrogen (secondary N) is 2. The third kappa shape index (κ3) is 5.71. The van der Waals surface area contributed by atoms with Crippen LogP contribution in [-0.2, 0) is 4.79 Å². The minimum Gasteiger partial charge on any atom is -0.385 e. The fraction of sp³-hybridized carbons (Fsp3) is 0.533. The summed E-state index contributed by atoms with van der Waals surface area (Å²) < 4.78 is 0. The largest absolute Gasteiger partial charge is 0.385 e. The summed E-state index contributed by atoms with van der Waals surface area (Å²) in [5, 5.41) is 6.20. The lowest BCUT2D eigenvalue weighted by Crippen LogP contribution is -2.26. The number of unbranched alkanes of at least 4 members (excludes halogenated alkanes) is 1. The van der Waals surface area contributed by atoms with Crippen LogP contribution < -0.4 is 10.6 Å². The van der Waals surface area contributed by atoms with Crippen LogP contribution in [0, 0.1) is 13.8 Å². The van der Waals surface area contributed by atoms with Gasteiger partial charge in [-0.25, -0.2) is 0 Å². The van der Waals surface area contributed by atoms with Crippen molar-refractivity contribution in [3.05, 3.63) is 29.3 Å². The first-order valence-electron chi connectivity index (χ1n) is 6.70. The third-order valence-corrected chi connectivity index (χ3v) is 2.76. The zero-order chi connectivity index (χ0) is 13.4. The van der Waals surface area contributed by atoms with Gasteiger partial charge in [-0.1, -0.05) is 19.4 Å². The number of anilines is 1. The number of amides is 1. The van der Waals surface area contributed by atoms with Gasteiger partial charge in [0.15, 0.2) is 0 Å². The van der Waals surface area contributed by atoms with E-state index in [1.165, 1.54) is 11.1 Å². The highest BCUT2D eigenvalue weighted by Crippen LogP contribution is 2.13. The molecule has 3 heteroatoms. The number of benzene rings is 1. The van der Waals surface area contributed by atoms with Crippen molar-refractivity contribution in [1.82, 2.24) is 5.32 Å². The molecular weight excluding hydrogens is 224 g/mol. The van der Waals surface area contributed by atoms with Gasteiger partial charge in [-0.05, 0) is 43.5 Å². The van der Waals surface area contributed by atoms with Crippen molar-refractivity contribution in [3.8, 4) is 0 Å². The maximum Gasteiger partial charge on any atom is 0.221 e. The smallest absolute Gasteiger partial charge is 0.221 e. The van der Waals surface area contributed by atoms with Crippen molar-refractivity contribution >= 4 is 11.6 Å². The second kappa shape index (κ2) is 7.75. The second-order valence-corrected chi connectivity index (χ2v) is 4.76. The summed E-state index contributed by atoms with van der Waals surface area (Å²) in [4.78, 5) is 11.5. The van der Waals surface area contributed by atoms with Crippen LogP contribution in [-0.4, -0.2) is 19.0 Å². The molecule has 1 amide bonds. The van der Waals surface area contributed by atoms with Gasteiger partial charge in [0.25, 0.3) is 0 Å². The number of carbonyl (C=O) groups excluding carboxylic acids is 1. The third-order valence-electron chi connectivity index (χ3n) is 2.76. The highest BCUT2D eigenvalue weighted by atomic mass is 16.1. The van der Waals surface area contributed by atoms with Crippen molar-refractivity contribution in [3.63, 3.8) is 0 Å². The van der Waals surface area contributed by atoms with Crippen LogP contribution in [0.4, 0.5) is 5.69 Å². The fourth-order valence-corrected chi connectivity index (χ4v) is 1.89. The molecule has 3 nitrogen and oxygen atoms in total. The summed E-state index contributed by atoms with van der Waals surface area (Å²) >= 11 is 0. The molecule has 1 aromatic rings. The maximum absolute atomic E-state index is 11.5. The van der Waals surface area contributed by atoms with Gasteiger partial charge in [0.2, 0.25) is 5.91 Å². The first-order valence-corrected chi connectivity index (χ1v) is 6.70. The molecule has 0 atom stereocenters. The van der Waals surface area contributed by atoms with E-state index in [9.17, 15) is 4.79 Å². The Balaban J connectivity index is 2.26. The number of rotatable bonds is 7. The van der Waals surface area contributed by atoms with Crippen LogP contribution in [0.2, 0.25) is 0 Å². The van der Waals surface area contributed by atoms with Gasteiger partial charge in [-0.15, -0.1) is 0 Å². The lowest BCUT2D eigenvalue weighted by Gasteiger charge is -2.09. The summed E-state index contributed by atoms with van der Waals surface area (Å²) in [6.07, 6.45) is 2.69. The molecule has 0 fully saturated rings. The van der Waals surface area contributed by atoms with E-state index in [2.05, 4.69) is 49.6 Å². The minimum absolute atomic E-state index is 0.125. The molecule has 0 aliphatic heterocycles. The van der Waals surface area contributed by atoms with E-state index in [0.717, 1.165) is 25.1 Å². The Kier molecular flexibility index (Phi) is 6.26. The maximum atomic E-state index is 11.5. The van der Waals surface area contributed by atoms with Gasteiger partial charge in [0.1, 0.15) is 0 Å². The summed E-state index contributed by atoms with van der Waals surface area (Å²) in [7, 11) is 0. The van der Waals surface area contributed by atoms with Gasteiger partial charge in [-0.2, -0.15) is 0 Å². The Labute approximate surface area is 110 Å². The van der Waals surface area contributed by atoms with E-state index < -0.39 is 0 Å². The predicted octanol–water partition coefficient (Wildman–Crippen LogP) is 3.02. The van der Waals surface area contributed by atoms with Gasteiger partial charge in [-0.3, -0.25) is 4.79 Å². The van der Waals surface area contributed by atoms with Crippen LogP contribution in [0.1, 0.15) is 37.3 Å². The Bertz CT molecular complexity index is 368. The van der Waals surface area contributed by atoms with Gasteiger partial charge in [0, 0.05) is 25.2 Å². The SMILES string of the molecule is CCCCNC(=O)CCNc1cc(C)cc(C)c1. The molecule has 0 heterocycles. The van der Waals surface area contributed by atoms with Crippen LogP contribution in [0.15, 0.2) is 18.2 Å². The van der Waals surface area contributed by atoms with Crippen molar-refractivity contribution in [2.45, 2.75) is 40.0 Å². The molecule has 0 aliphatic rings. The predicted molar refractivity (Wildman–Crippen MR) is 76.9 cm³/mol. The van der Waals surface area contributed by atoms with Crippen molar-refractivity contribution in [2.24, 2.45) is 0 Å². The van der Waals surface area contributed by atoms with Crippen LogP contribution in [0.5, 0.6) is 0 Å². The first-order chi connectivity index (χ1) is 8.61. The minimum atomic E-state index is 0.125. The zero-order valence-electron chi connectivity index (χ0n) is 11.7. The highest BCUT2D eigenvalue weighted by Gasteiger charge is 2.00. The molecule has 100 valence electrons. The molecule has 0 bridgehead atoms. The quantitative estimate of drug-likeness (QED) is 0.728. The molecule has 0 saturated carbocycles. The van der Waals surface area contributed by atoms with Crippen molar-refractivity contribution < 1.29 is 4.79 Å². The fourth-order valence-electron chi connectivity index (χ4n) is 1.89. The molecule has 0 radical (unpaired) electrons. The summed E-state index contributed by atoms with van der Waals surface area (Å²) in [5.74, 6) is 0.125. The molecule has 1 rings (SSSR count). The number of carbonyl (C=O) groups is 1. The average molecular weight is 248 g/mol. The Hall–Kier alpha value is -1.51. The van der Waals surface area contributed by atoms with E-state index >= 15 is 0 Å². The normalized spacial score (nSPS) is 10.2. The average Bonchev–Trinajstić information content (AvgIpc) is 2.28. The lowest BCUT2D eigenvalue weighted by molar-refractivity contribution is -0.120. The molecule has 0 spiro atoms. The summed E-state index contributed by atoms with van der Waals surface area (Å²) in [6, 6.07) is 6.34. The topological polar surface area (TPSA) is 41.1 Å². The number of hydrogen-bond acceptors (Lipinski definition) is 2. The van der Waals surface area contributed by atoms with E-state index in [1.54, 1.807) is 0 Å². The molecule has 0 aromatic heterocycles. The molecular formula is C15H24N2O. The summed E-state index contributed by atoms with van der Waals surface area (Å²) in [6.45, 7) is 7.75. The Morgan fingerprint density at radius 1 is 1.11 bits per heavy atom. The lowest BCUT2D eigenvalue weighted by atomic mass is 10.1. The zero-order valence-corrected chi connectivity index (χ0v) is 11.7. The van der Waals surface area contributed by atoms with Crippen LogP contribution in [0.25, 0.3) is 0 Å². The highest BCUT2D eigenvalue weighted by molar-refractivity contribution is 5.76. The molecule has 2 N–H and O–H groups in total. The monoisotopic (exact) mass is 248 g/mol. The molecule has 18 heavy (non-hydrogen) atoms. The van der Waals surface area contributed by atoms with Crippen molar-refractivity contribution in [1.29, 1.82) is 0 Å². The molecule has 0 saturated heterocycles. The van der Waals surface area contributed by atoms with Gasteiger partial charge in [0.05, 0.1) is 0 Å². The second-order valence-electron chi connectivity index (χ2n) is 4.76. The Morgan fingerprint density at radius 2 is 1.78 bits per heavy atom. The standard InChI is InChI=1S/C15H24N2O/c1-4-5-7-17-15(18)6-8-16-14-10-12(2)9-13(3)11-14/h9-11,16H,4-8H2,1-3H3,(H,17,18). The van der Waals surface area contributed by atoms with E-state index in [0.29, 0.717) is 13.0 Å². The number of hydrogen-bond donors (Lipinski definition) is 2. The van der Waals surface area contributed by atoms with E-state index in [4.69, 9.17) is 0 Å². The summed E-state index contributed by atoms with van der Waals surface area (Å²) in [5.41, 5.74) is 3.57. The molecule has 0 unspecified atom stereocenters. The van der Waals surface area contributed by atoms with Gasteiger partial charge < -0.3 is 10.6 Å². The van der Waals surface area contributed by atoms with E-state index in [-0.39, 0.29) is 5.91 Å². The first kappa shape index (κ1) is 14.6. The van der Waals surface area contributed by atoms with Crippen LogP contribution in [0.3, 0.4) is 0 Å². The molecule has 1 aromatic carbocycles.